The predicted octanol–water partition coefficient (Wildman–Crippen LogP) is 2.88. The van der Waals surface area contributed by atoms with Crippen LogP contribution in [0.2, 0.25) is 0 Å². The molecule has 1 aliphatic rings. The standard InChI is InChI=1S/C17H15FN2O3/c1-9-8-12(16-14(22)7-6-11(18)15(9)16)19-20-17(23)10-4-2-3-5-13(10)21/h2-7,9,21-22H,8H2,1H3,(H,20,23)/b19-12+/t9-/m0/s1. The van der Waals surface area contributed by atoms with Gasteiger partial charge in [0.2, 0.25) is 0 Å². The molecule has 2 aromatic rings. The summed E-state index contributed by atoms with van der Waals surface area (Å²) >= 11 is 0. The zero-order valence-corrected chi connectivity index (χ0v) is 12.4. The summed E-state index contributed by atoms with van der Waals surface area (Å²) in [5, 5.41) is 23.6. The molecule has 0 saturated carbocycles. The van der Waals surface area contributed by atoms with Gasteiger partial charge in [-0.25, -0.2) is 9.82 Å². The van der Waals surface area contributed by atoms with Crippen LogP contribution in [0.15, 0.2) is 41.5 Å². The van der Waals surface area contributed by atoms with Gasteiger partial charge < -0.3 is 10.2 Å². The van der Waals surface area contributed by atoms with Crippen molar-refractivity contribution in [1.29, 1.82) is 0 Å². The van der Waals surface area contributed by atoms with Crippen molar-refractivity contribution in [3.05, 3.63) is 58.9 Å². The first kappa shape index (κ1) is 15.0. The highest BCUT2D eigenvalue weighted by Gasteiger charge is 2.30. The van der Waals surface area contributed by atoms with E-state index in [0.717, 1.165) is 0 Å². The molecule has 0 aliphatic heterocycles. The van der Waals surface area contributed by atoms with Gasteiger partial charge in [-0.1, -0.05) is 19.1 Å². The number of phenolic OH excluding ortho intramolecular Hbond substituents is 2. The van der Waals surface area contributed by atoms with Crippen LogP contribution in [0.25, 0.3) is 0 Å². The van der Waals surface area contributed by atoms with E-state index >= 15 is 0 Å². The second-order valence-electron chi connectivity index (χ2n) is 5.48. The van der Waals surface area contributed by atoms with E-state index in [1.807, 2.05) is 6.92 Å². The lowest BCUT2D eigenvalue weighted by atomic mass is 10.0. The number of carbonyl (C=O) groups is 1. The van der Waals surface area contributed by atoms with Crippen LogP contribution in [0.3, 0.4) is 0 Å². The Bertz CT molecular complexity index is 817. The SMILES string of the molecule is C[C@H]1C/C(=N\NC(=O)c2ccccc2O)c2c(O)ccc(F)c21. The molecule has 23 heavy (non-hydrogen) atoms. The first-order valence-corrected chi connectivity index (χ1v) is 7.15. The van der Waals surface area contributed by atoms with Gasteiger partial charge in [0.15, 0.2) is 0 Å². The molecule has 0 bridgehead atoms. The van der Waals surface area contributed by atoms with Crippen LogP contribution in [0.4, 0.5) is 4.39 Å². The van der Waals surface area contributed by atoms with Gasteiger partial charge in [0.1, 0.15) is 17.3 Å². The van der Waals surface area contributed by atoms with Gasteiger partial charge in [-0.3, -0.25) is 4.79 Å². The first-order valence-electron chi connectivity index (χ1n) is 7.15. The molecule has 3 rings (SSSR count). The molecule has 0 saturated heterocycles. The molecule has 6 heteroatoms. The number of rotatable bonds is 2. The van der Waals surface area contributed by atoms with Gasteiger partial charge in [0.05, 0.1) is 11.3 Å². The zero-order valence-electron chi connectivity index (χ0n) is 12.4. The highest BCUT2D eigenvalue weighted by molar-refractivity contribution is 6.08. The smallest absolute Gasteiger partial charge is 0.275 e. The monoisotopic (exact) mass is 314 g/mol. The number of hydrazone groups is 1. The highest BCUT2D eigenvalue weighted by atomic mass is 19.1. The summed E-state index contributed by atoms with van der Waals surface area (Å²) in [5.74, 6) is -1.34. The van der Waals surface area contributed by atoms with Gasteiger partial charge >= 0.3 is 0 Å². The van der Waals surface area contributed by atoms with Crippen molar-refractivity contribution in [2.75, 3.05) is 0 Å². The maximum atomic E-state index is 13.9. The minimum absolute atomic E-state index is 0.0682. The molecule has 0 aromatic heterocycles. The molecular formula is C17H15FN2O3. The van der Waals surface area contributed by atoms with E-state index in [2.05, 4.69) is 10.5 Å². The van der Waals surface area contributed by atoms with E-state index in [1.165, 1.54) is 24.3 Å². The number of carbonyl (C=O) groups excluding carboxylic acids is 1. The van der Waals surface area contributed by atoms with Crippen LogP contribution in [-0.4, -0.2) is 21.8 Å². The third kappa shape index (κ3) is 2.63. The van der Waals surface area contributed by atoms with Gasteiger partial charge in [0, 0.05) is 11.1 Å². The maximum Gasteiger partial charge on any atom is 0.275 e. The lowest BCUT2D eigenvalue weighted by Gasteiger charge is -2.06. The van der Waals surface area contributed by atoms with E-state index in [-0.39, 0.29) is 23.0 Å². The number of fused-ring (bicyclic) bond motifs is 1. The van der Waals surface area contributed by atoms with Crippen molar-refractivity contribution >= 4 is 11.6 Å². The van der Waals surface area contributed by atoms with Gasteiger partial charge in [-0.2, -0.15) is 5.10 Å². The summed E-state index contributed by atoms with van der Waals surface area (Å²) in [5.41, 5.74) is 3.58. The number of nitrogens with zero attached hydrogens (tertiary/aromatic N) is 1. The highest BCUT2D eigenvalue weighted by Crippen LogP contribution is 2.39. The molecule has 0 unspecified atom stereocenters. The Hall–Kier alpha value is -2.89. The Morgan fingerprint density at radius 1 is 1.22 bits per heavy atom. The van der Waals surface area contributed by atoms with Crippen LogP contribution >= 0.6 is 0 Å². The van der Waals surface area contributed by atoms with Crippen molar-refractivity contribution in [3.63, 3.8) is 0 Å². The van der Waals surface area contributed by atoms with Crippen LogP contribution in [-0.2, 0) is 0 Å². The third-order valence-electron chi connectivity index (χ3n) is 3.89. The van der Waals surface area contributed by atoms with Crippen molar-refractivity contribution in [3.8, 4) is 11.5 Å². The Labute approximate surface area is 132 Å². The molecular weight excluding hydrogens is 299 g/mol. The molecule has 0 spiro atoms. The number of halogens is 1. The largest absolute Gasteiger partial charge is 0.507 e. The summed E-state index contributed by atoms with van der Waals surface area (Å²) in [7, 11) is 0. The predicted molar refractivity (Wildman–Crippen MR) is 83.2 cm³/mol. The average molecular weight is 314 g/mol. The Morgan fingerprint density at radius 2 is 1.96 bits per heavy atom. The summed E-state index contributed by atoms with van der Waals surface area (Å²) < 4.78 is 13.9. The van der Waals surface area contributed by atoms with E-state index in [9.17, 15) is 19.4 Å². The second kappa shape index (κ2) is 5.72. The van der Waals surface area contributed by atoms with Gasteiger partial charge in [0.25, 0.3) is 5.91 Å². The molecule has 5 nitrogen and oxygen atoms in total. The average Bonchev–Trinajstić information content (AvgIpc) is 2.87. The number of benzene rings is 2. The summed E-state index contributed by atoms with van der Waals surface area (Å²) in [6, 6.07) is 8.58. The van der Waals surface area contributed by atoms with Crippen LogP contribution < -0.4 is 5.43 Å². The molecule has 0 heterocycles. The second-order valence-corrected chi connectivity index (χ2v) is 5.48. The molecule has 1 aliphatic carbocycles. The minimum atomic E-state index is -0.576. The number of phenols is 2. The van der Waals surface area contributed by atoms with E-state index in [1.54, 1.807) is 12.1 Å². The normalized spacial score (nSPS) is 18.0. The minimum Gasteiger partial charge on any atom is -0.507 e. The Kier molecular flexibility index (Phi) is 3.73. The Morgan fingerprint density at radius 3 is 2.70 bits per heavy atom. The summed E-state index contributed by atoms with van der Waals surface area (Å²) in [4.78, 5) is 12.1. The summed E-state index contributed by atoms with van der Waals surface area (Å²) in [6.45, 7) is 1.83. The molecule has 1 atom stereocenters. The fourth-order valence-electron chi connectivity index (χ4n) is 2.81. The van der Waals surface area contributed by atoms with Gasteiger partial charge in [-0.05, 0) is 36.6 Å². The fraction of sp³-hybridized carbons (Fsp3) is 0.176. The van der Waals surface area contributed by atoms with E-state index in [4.69, 9.17) is 0 Å². The van der Waals surface area contributed by atoms with Gasteiger partial charge in [-0.15, -0.1) is 0 Å². The Balaban J connectivity index is 1.91. The van der Waals surface area contributed by atoms with Crippen molar-refractivity contribution in [1.82, 2.24) is 5.43 Å². The maximum absolute atomic E-state index is 13.9. The molecule has 118 valence electrons. The van der Waals surface area contributed by atoms with E-state index < -0.39 is 11.7 Å². The fourth-order valence-corrected chi connectivity index (χ4v) is 2.81. The van der Waals surface area contributed by atoms with Crippen molar-refractivity contribution < 1.29 is 19.4 Å². The van der Waals surface area contributed by atoms with Crippen molar-refractivity contribution in [2.24, 2.45) is 5.10 Å². The molecule has 0 radical (unpaired) electrons. The van der Waals surface area contributed by atoms with Crippen LogP contribution in [0, 0.1) is 5.82 Å². The number of hydrogen-bond donors (Lipinski definition) is 3. The first-order chi connectivity index (χ1) is 11.0. The van der Waals surface area contributed by atoms with Crippen molar-refractivity contribution in [2.45, 2.75) is 19.3 Å². The number of nitrogens with one attached hydrogen (secondary N) is 1. The molecule has 3 N–H and O–H groups in total. The number of hydrogen-bond acceptors (Lipinski definition) is 4. The quantitative estimate of drug-likeness (QED) is 0.745. The lowest BCUT2D eigenvalue weighted by Crippen LogP contribution is -2.19. The van der Waals surface area contributed by atoms with Crippen LogP contribution in [0.5, 0.6) is 11.5 Å². The number of para-hydroxylation sites is 1. The molecule has 1 amide bonds. The van der Waals surface area contributed by atoms with E-state index in [0.29, 0.717) is 23.3 Å². The molecule has 0 fully saturated rings. The summed E-state index contributed by atoms with van der Waals surface area (Å²) in [6.07, 6.45) is 0.408. The number of aromatic hydroxyl groups is 2. The molecule has 2 aromatic carbocycles. The lowest BCUT2D eigenvalue weighted by molar-refractivity contribution is 0.0952. The number of amides is 1. The third-order valence-corrected chi connectivity index (χ3v) is 3.89. The zero-order chi connectivity index (χ0) is 16.6. The van der Waals surface area contributed by atoms with Crippen LogP contribution in [0.1, 0.15) is 40.7 Å². The topological polar surface area (TPSA) is 81.9 Å².